The Morgan fingerprint density at radius 2 is 1.79 bits per heavy atom. The molecule has 2 atom stereocenters. The predicted octanol–water partition coefficient (Wildman–Crippen LogP) is 4.44. The number of hydrogen-bond donors (Lipinski definition) is 2. The van der Waals surface area contributed by atoms with Crippen LogP contribution in [0.3, 0.4) is 0 Å². The average molecular weight is 303 g/mol. The van der Waals surface area contributed by atoms with Crippen molar-refractivity contribution in [2.75, 3.05) is 0 Å². The Labute approximate surface area is 126 Å². The fourth-order valence-electron chi connectivity index (χ4n) is 2.55. The van der Waals surface area contributed by atoms with Crippen molar-refractivity contribution in [1.82, 2.24) is 5.43 Å². The molecule has 1 aromatic rings. The topological polar surface area (TPSA) is 38.0 Å². The standard InChI is InChI=1S/C15H24Cl2N2/c1-10(2)6-11(3)7-13(19-18)8-12-4-5-14(16)15(17)9-12/h4-5,9-11,13,19H,6-8,18H2,1-3H3. The summed E-state index contributed by atoms with van der Waals surface area (Å²) in [5, 5.41) is 1.20. The van der Waals surface area contributed by atoms with Crippen LogP contribution >= 0.6 is 23.2 Å². The minimum atomic E-state index is 0.269. The van der Waals surface area contributed by atoms with Crippen LogP contribution in [0.1, 0.15) is 39.2 Å². The second-order valence-corrected chi connectivity index (χ2v) is 6.60. The van der Waals surface area contributed by atoms with Gasteiger partial charge >= 0.3 is 0 Å². The quantitative estimate of drug-likeness (QED) is 0.577. The zero-order chi connectivity index (χ0) is 14.4. The molecule has 0 saturated heterocycles. The minimum Gasteiger partial charge on any atom is -0.271 e. The highest BCUT2D eigenvalue weighted by Gasteiger charge is 2.14. The Hall–Kier alpha value is -0.280. The van der Waals surface area contributed by atoms with Crippen molar-refractivity contribution in [3.05, 3.63) is 33.8 Å². The molecule has 0 heterocycles. The SMILES string of the molecule is CC(C)CC(C)CC(Cc1ccc(Cl)c(Cl)c1)NN. The molecule has 0 saturated carbocycles. The third-order valence-corrected chi connectivity index (χ3v) is 4.00. The van der Waals surface area contributed by atoms with Gasteiger partial charge in [-0.1, -0.05) is 50.0 Å². The second-order valence-electron chi connectivity index (χ2n) is 5.79. The Morgan fingerprint density at radius 3 is 2.32 bits per heavy atom. The van der Waals surface area contributed by atoms with Gasteiger partial charge in [-0.3, -0.25) is 11.3 Å². The van der Waals surface area contributed by atoms with E-state index in [1.54, 1.807) is 0 Å². The molecule has 19 heavy (non-hydrogen) atoms. The molecule has 1 aromatic carbocycles. The van der Waals surface area contributed by atoms with E-state index < -0.39 is 0 Å². The summed E-state index contributed by atoms with van der Waals surface area (Å²) in [6.07, 6.45) is 3.16. The first-order valence-corrected chi connectivity index (χ1v) is 7.58. The highest BCUT2D eigenvalue weighted by molar-refractivity contribution is 6.42. The smallest absolute Gasteiger partial charge is 0.0595 e. The van der Waals surface area contributed by atoms with Crippen molar-refractivity contribution in [2.24, 2.45) is 17.7 Å². The number of hydrazine groups is 1. The maximum absolute atomic E-state index is 6.03. The summed E-state index contributed by atoms with van der Waals surface area (Å²) in [5.41, 5.74) is 4.07. The van der Waals surface area contributed by atoms with Crippen LogP contribution in [0.15, 0.2) is 18.2 Å². The normalized spacial score (nSPS) is 14.7. The number of rotatable bonds is 7. The van der Waals surface area contributed by atoms with Crippen LogP contribution in [0.5, 0.6) is 0 Å². The third kappa shape index (κ3) is 6.13. The van der Waals surface area contributed by atoms with Gasteiger partial charge in [0.25, 0.3) is 0 Å². The number of hydrogen-bond acceptors (Lipinski definition) is 2. The first-order chi connectivity index (χ1) is 8.92. The second kappa shape index (κ2) is 8.11. The fraction of sp³-hybridized carbons (Fsp3) is 0.600. The lowest BCUT2D eigenvalue weighted by Crippen LogP contribution is -2.38. The highest BCUT2D eigenvalue weighted by atomic mass is 35.5. The van der Waals surface area contributed by atoms with Crippen molar-refractivity contribution in [3.8, 4) is 0 Å². The van der Waals surface area contributed by atoms with E-state index in [1.165, 1.54) is 6.42 Å². The minimum absolute atomic E-state index is 0.269. The molecule has 0 fully saturated rings. The van der Waals surface area contributed by atoms with Crippen molar-refractivity contribution >= 4 is 23.2 Å². The molecule has 0 spiro atoms. The van der Waals surface area contributed by atoms with E-state index in [9.17, 15) is 0 Å². The van der Waals surface area contributed by atoms with Crippen molar-refractivity contribution in [2.45, 2.75) is 46.1 Å². The molecule has 1 rings (SSSR count). The van der Waals surface area contributed by atoms with E-state index in [2.05, 4.69) is 26.2 Å². The average Bonchev–Trinajstić information content (AvgIpc) is 2.32. The zero-order valence-corrected chi connectivity index (χ0v) is 13.4. The molecule has 2 unspecified atom stereocenters. The summed E-state index contributed by atoms with van der Waals surface area (Å²) < 4.78 is 0. The Balaban J connectivity index is 2.58. The van der Waals surface area contributed by atoms with Crippen LogP contribution in [0.25, 0.3) is 0 Å². The number of nitrogens with two attached hydrogens (primary N) is 1. The molecule has 2 nitrogen and oxygen atoms in total. The summed E-state index contributed by atoms with van der Waals surface area (Å²) in [5.74, 6) is 7.04. The Kier molecular flexibility index (Phi) is 7.16. The van der Waals surface area contributed by atoms with Gasteiger partial charge in [-0.15, -0.1) is 0 Å². The molecule has 0 amide bonds. The summed E-state index contributed by atoms with van der Waals surface area (Å²) >= 11 is 12.0. The first kappa shape index (κ1) is 16.8. The third-order valence-electron chi connectivity index (χ3n) is 3.26. The molecule has 0 aliphatic carbocycles. The van der Waals surface area contributed by atoms with Gasteiger partial charge in [0.15, 0.2) is 0 Å². The lowest BCUT2D eigenvalue weighted by atomic mass is 9.90. The van der Waals surface area contributed by atoms with Crippen LogP contribution in [0, 0.1) is 11.8 Å². The number of halogens is 2. The van der Waals surface area contributed by atoms with Crippen molar-refractivity contribution < 1.29 is 0 Å². The molecule has 0 aliphatic rings. The molecular formula is C15H24Cl2N2. The van der Waals surface area contributed by atoms with Crippen LogP contribution in [0.4, 0.5) is 0 Å². The van der Waals surface area contributed by atoms with E-state index in [1.807, 2.05) is 18.2 Å². The Bertz CT molecular complexity index is 394. The van der Waals surface area contributed by atoms with E-state index in [0.717, 1.165) is 24.3 Å². The van der Waals surface area contributed by atoms with Gasteiger partial charge in [0.2, 0.25) is 0 Å². The summed E-state index contributed by atoms with van der Waals surface area (Å²) in [6, 6.07) is 6.03. The van der Waals surface area contributed by atoms with Crippen LogP contribution < -0.4 is 11.3 Å². The van der Waals surface area contributed by atoms with E-state index >= 15 is 0 Å². The molecule has 4 heteroatoms. The molecule has 0 radical (unpaired) electrons. The van der Waals surface area contributed by atoms with Gasteiger partial charge in [0, 0.05) is 6.04 Å². The summed E-state index contributed by atoms with van der Waals surface area (Å²) in [6.45, 7) is 6.78. The molecule has 108 valence electrons. The maximum atomic E-state index is 6.03. The van der Waals surface area contributed by atoms with Crippen LogP contribution in [-0.4, -0.2) is 6.04 Å². The summed E-state index contributed by atoms with van der Waals surface area (Å²) in [4.78, 5) is 0. The van der Waals surface area contributed by atoms with Crippen molar-refractivity contribution in [3.63, 3.8) is 0 Å². The predicted molar refractivity (Wildman–Crippen MR) is 84.5 cm³/mol. The fourth-order valence-corrected chi connectivity index (χ4v) is 2.87. The monoisotopic (exact) mass is 302 g/mol. The van der Waals surface area contributed by atoms with Gasteiger partial charge in [-0.25, -0.2) is 0 Å². The molecule has 0 aromatic heterocycles. The highest BCUT2D eigenvalue weighted by Crippen LogP contribution is 2.24. The van der Waals surface area contributed by atoms with Gasteiger partial charge in [0.05, 0.1) is 10.0 Å². The lowest BCUT2D eigenvalue weighted by molar-refractivity contribution is 0.352. The van der Waals surface area contributed by atoms with Crippen LogP contribution in [0.2, 0.25) is 10.0 Å². The molecule has 0 aliphatic heterocycles. The first-order valence-electron chi connectivity index (χ1n) is 6.82. The summed E-state index contributed by atoms with van der Waals surface area (Å²) in [7, 11) is 0. The largest absolute Gasteiger partial charge is 0.271 e. The number of nitrogens with one attached hydrogen (secondary N) is 1. The van der Waals surface area contributed by atoms with Gasteiger partial charge < -0.3 is 0 Å². The zero-order valence-electron chi connectivity index (χ0n) is 11.9. The van der Waals surface area contributed by atoms with Gasteiger partial charge in [-0.2, -0.15) is 0 Å². The van der Waals surface area contributed by atoms with Crippen molar-refractivity contribution in [1.29, 1.82) is 0 Å². The lowest BCUT2D eigenvalue weighted by Gasteiger charge is -2.21. The molecule has 0 bridgehead atoms. The number of benzene rings is 1. The van der Waals surface area contributed by atoms with Gasteiger partial charge in [0.1, 0.15) is 0 Å². The maximum Gasteiger partial charge on any atom is 0.0595 e. The van der Waals surface area contributed by atoms with Gasteiger partial charge in [-0.05, 0) is 48.8 Å². The van der Waals surface area contributed by atoms with E-state index in [4.69, 9.17) is 29.0 Å². The Morgan fingerprint density at radius 1 is 1.11 bits per heavy atom. The van der Waals surface area contributed by atoms with E-state index in [-0.39, 0.29) is 6.04 Å². The molecular weight excluding hydrogens is 279 g/mol. The van der Waals surface area contributed by atoms with E-state index in [0.29, 0.717) is 16.0 Å². The molecule has 3 N–H and O–H groups in total. The van der Waals surface area contributed by atoms with Crippen LogP contribution in [-0.2, 0) is 6.42 Å².